The zero-order chi connectivity index (χ0) is 18.2. The molecule has 0 radical (unpaired) electrons. The minimum Gasteiger partial charge on any atom is -0.493 e. The fourth-order valence-corrected chi connectivity index (χ4v) is 2.18. The van der Waals surface area contributed by atoms with Gasteiger partial charge in [-0.3, -0.25) is 0 Å². The van der Waals surface area contributed by atoms with Gasteiger partial charge in [-0.2, -0.15) is 8.78 Å². The van der Waals surface area contributed by atoms with Crippen LogP contribution in [0.4, 0.5) is 8.78 Å². The summed E-state index contributed by atoms with van der Waals surface area (Å²) >= 11 is 0. The summed E-state index contributed by atoms with van der Waals surface area (Å²) in [6.07, 6.45) is 0. The van der Waals surface area contributed by atoms with Gasteiger partial charge in [0.1, 0.15) is 6.61 Å². The molecule has 0 aromatic heterocycles. The summed E-state index contributed by atoms with van der Waals surface area (Å²) in [6, 6.07) is 11.2. The van der Waals surface area contributed by atoms with Crippen molar-refractivity contribution in [2.75, 3.05) is 14.2 Å². The zero-order valence-electron chi connectivity index (χ0n) is 13.8. The lowest BCUT2D eigenvalue weighted by Gasteiger charge is -2.12. The lowest BCUT2D eigenvalue weighted by molar-refractivity contribution is -0.0512. The Balaban J connectivity index is 2.03. The van der Waals surface area contributed by atoms with E-state index < -0.39 is 12.6 Å². The van der Waals surface area contributed by atoms with Crippen molar-refractivity contribution in [1.82, 2.24) is 0 Å². The molecule has 0 aliphatic carbocycles. The Morgan fingerprint density at radius 1 is 1.00 bits per heavy atom. The first-order chi connectivity index (χ1) is 12.0. The fourth-order valence-electron chi connectivity index (χ4n) is 2.18. The fraction of sp³-hybridized carbons (Fsp3) is 0.278. The summed E-state index contributed by atoms with van der Waals surface area (Å²) in [6.45, 7) is -2.58. The van der Waals surface area contributed by atoms with E-state index in [1.54, 1.807) is 25.3 Å². The molecule has 0 unspecified atom stereocenters. The van der Waals surface area contributed by atoms with Crippen LogP contribution in [0.1, 0.15) is 21.5 Å². The topological polar surface area (TPSA) is 54.0 Å². The third-order valence-corrected chi connectivity index (χ3v) is 3.29. The molecule has 0 spiro atoms. The van der Waals surface area contributed by atoms with Crippen LogP contribution in [0.15, 0.2) is 42.5 Å². The smallest absolute Gasteiger partial charge is 0.387 e. The number of rotatable bonds is 8. The first-order valence-electron chi connectivity index (χ1n) is 7.40. The second-order valence-electron chi connectivity index (χ2n) is 5.07. The average molecular weight is 352 g/mol. The summed E-state index contributed by atoms with van der Waals surface area (Å²) in [5.74, 6) is -0.444. The van der Waals surface area contributed by atoms with Crippen LogP contribution in [-0.4, -0.2) is 26.8 Å². The molecule has 0 amide bonds. The largest absolute Gasteiger partial charge is 0.493 e. The molecule has 0 saturated heterocycles. The molecular weight excluding hydrogens is 334 g/mol. The van der Waals surface area contributed by atoms with Gasteiger partial charge in [0.2, 0.25) is 0 Å². The van der Waals surface area contributed by atoms with Crippen LogP contribution >= 0.6 is 0 Å². The number of esters is 1. The molecule has 5 nitrogen and oxygen atoms in total. The van der Waals surface area contributed by atoms with Crippen LogP contribution in [0.2, 0.25) is 0 Å². The Hall–Kier alpha value is -2.67. The van der Waals surface area contributed by atoms with E-state index in [0.29, 0.717) is 17.7 Å². The molecule has 7 heteroatoms. The lowest BCUT2D eigenvalue weighted by atomic mass is 10.1. The number of methoxy groups -OCH3 is 2. The number of ether oxygens (including phenoxy) is 4. The Morgan fingerprint density at radius 2 is 1.76 bits per heavy atom. The number of carbonyl (C=O) groups excluding carboxylic acids is 1. The quantitative estimate of drug-likeness (QED) is 0.677. The van der Waals surface area contributed by atoms with Gasteiger partial charge in [0, 0.05) is 7.11 Å². The highest BCUT2D eigenvalue weighted by molar-refractivity contribution is 5.89. The molecule has 0 saturated carbocycles. The average Bonchev–Trinajstić information content (AvgIpc) is 2.60. The van der Waals surface area contributed by atoms with E-state index in [4.69, 9.17) is 14.2 Å². The first kappa shape index (κ1) is 18.7. The highest BCUT2D eigenvalue weighted by atomic mass is 19.3. The summed E-state index contributed by atoms with van der Waals surface area (Å²) in [5, 5.41) is 0. The van der Waals surface area contributed by atoms with E-state index in [-0.39, 0.29) is 18.1 Å². The maximum absolute atomic E-state index is 12.3. The zero-order valence-corrected chi connectivity index (χ0v) is 13.8. The second kappa shape index (κ2) is 8.98. The van der Waals surface area contributed by atoms with E-state index in [1.165, 1.54) is 25.3 Å². The predicted octanol–water partition coefficient (Wildman–Crippen LogP) is 3.80. The van der Waals surface area contributed by atoms with Gasteiger partial charge in [-0.05, 0) is 35.4 Å². The third-order valence-electron chi connectivity index (χ3n) is 3.29. The standard InChI is InChI=1S/C18H18F2O5/c1-22-10-12-4-3-5-14(8-12)17(21)24-11-13-6-7-15(25-18(19)20)16(9-13)23-2/h3-9,18H,10-11H2,1-2H3. The van der Waals surface area contributed by atoms with Crippen molar-refractivity contribution in [3.63, 3.8) is 0 Å². The van der Waals surface area contributed by atoms with Gasteiger partial charge in [-0.15, -0.1) is 0 Å². The molecule has 0 aliphatic heterocycles. The second-order valence-corrected chi connectivity index (χ2v) is 5.07. The van der Waals surface area contributed by atoms with Gasteiger partial charge in [0.05, 0.1) is 19.3 Å². The SMILES string of the molecule is COCc1cccc(C(=O)OCc2ccc(OC(F)F)c(OC)c2)c1. The first-order valence-corrected chi connectivity index (χ1v) is 7.40. The Morgan fingerprint density at radius 3 is 2.44 bits per heavy atom. The van der Waals surface area contributed by atoms with Crippen molar-refractivity contribution < 1.29 is 32.5 Å². The normalized spacial score (nSPS) is 10.6. The highest BCUT2D eigenvalue weighted by Gasteiger charge is 2.13. The number of hydrogen-bond acceptors (Lipinski definition) is 5. The summed E-state index contributed by atoms with van der Waals surface area (Å²) in [5.41, 5.74) is 1.84. The Bertz CT molecular complexity index is 718. The molecular formula is C18H18F2O5. The van der Waals surface area contributed by atoms with Crippen molar-refractivity contribution in [1.29, 1.82) is 0 Å². The monoisotopic (exact) mass is 352 g/mol. The van der Waals surface area contributed by atoms with Gasteiger partial charge in [0.25, 0.3) is 0 Å². The van der Waals surface area contributed by atoms with E-state index in [0.717, 1.165) is 5.56 Å². The van der Waals surface area contributed by atoms with Gasteiger partial charge < -0.3 is 18.9 Å². The molecule has 0 bridgehead atoms. The molecule has 25 heavy (non-hydrogen) atoms. The number of hydrogen-bond donors (Lipinski definition) is 0. The van der Waals surface area contributed by atoms with Crippen molar-refractivity contribution in [3.05, 3.63) is 59.2 Å². The number of halogens is 2. The minimum atomic E-state index is -2.95. The molecule has 134 valence electrons. The van der Waals surface area contributed by atoms with Crippen LogP contribution < -0.4 is 9.47 Å². The number of alkyl halides is 2. The number of carbonyl (C=O) groups is 1. The molecule has 0 aliphatic rings. The predicted molar refractivity (Wildman–Crippen MR) is 85.9 cm³/mol. The van der Waals surface area contributed by atoms with Crippen LogP contribution in [0.25, 0.3) is 0 Å². The van der Waals surface area contributed by atoms with Gasteiger partial charge in [-0.25, -0.2) is 4.79 Å². The van der Waals surface area contributed by atoms with Crippen LogP contribution in [0.3, 0.4) is 0 Å². The van der Waals surface area contributed by atoms with Crippen molar-refractivity contribution in [3.8, 4) is 11.5 Å². The Kier molecular flexibility index (Phi) is 6.71. The summed E-state index contributed by atoms with van der Waals surface area (Å²) in [4.78, 5) is 12.1. The van der Waals surface area contributed by atoms with Crippen LogP contribution in [0.5, 0.6) is 11.5 Å². The molecule has 0 fully saturated rings. The van der Waals surface area contributed by atoms with Crippen molar-refractivity contribution in [2.45, 2.75) is 19.8 Å². The van der Waals surface area contributed by atoms with Gasteiger partial charge in [-0.1, -0.05) is 18.2 Å². The highest BCUT2D eigenvalue weighted by Crippen LogP contribution is 2.29. The lowest BCUT2D eigenvalue weighted by Crippen LogP contribution is -2.07. The maximum atomic E-state index is 12.3. The van der Waals surface area contributed by atoms with Crippen molar-refractivity contribution in [2.24, 2.45) is 0 Å². The van der Waals surface area contributed by atoms with Crippen LogP contribution in [-0.2, 0) is 22.7 Å². The maximum Gasteiger partial charge on any atom is 0.387 e. The third kappa shape index (κ3) is 5.42. The van der Waals surface area contributed by atoms with E-state index in [1.807, 2.05) is 6.07 Å². The van der Waals surface area contributed by atoms with E-state index in [9.17, 15) is 13.6 Å². The van der Waals surface area contributed by atoms with Crippen LogP contribution in [0, 0.1) is 0 Å². The molecule has 2 aromatic carbocycles. The molecule has 0 atom stereocenters. The molecule has 0 N–H and O–H groups in total. The summed E-state index contributed by atoms with van der Waals surface area (Å²) in [7, 11) is 2.91. The van der Waals surface area contributed by atoms with Gasteiger partial charge >= 0.3 is 12.6 Å². The van der Waals surface area contributed by atoms with E-state index in [2.05, 4.69) is 4.74 Å². The molecule has 0 heterocycles. The van der Waals surface area contributed by atoms with Gasteiger partial charge in [0.15, 0.2) is 11.5 Å². The van der Waals surface area contributed by atoms with E-state index >= 15 is 0 Å². The molecule has 2 aromatic rings. The molecule has 2 rings (SSSR count). The van der Waals surface area contributed by atoms with Crippen molar-refractivity contribution >= 4 is 5.97 Å². The number of benzene rings is 2. The minimum absolute atomic E-state index is 0.0291. The Labute approximate surface area is 144 Å². The summed E-state index contributed by atoms with van der Waals surface area (Å²) < 4.78 is 44.2.